The normalized spacial score (nSPS) is 9.79. The molecule has 0 aromatic carbocycles. The first-order valence-corrected chi connectivity index (χ1v) is 5.23. The summed E-state index contributed by atoms with van der Waals surface area (Å²) in [5, 5.41) is 8.43. The Morgan fingerprint density at radius 3 is 2.36 bits per heavy atom. The molecule has 0 aliphatic rings. The molecule has 0 atom stereocenters. The third-order valence-corrected chi connectivity index (χ3v) is 2.01. The molecule has 14 heavy (non-hydrogen) atoms. The second kappa shape index (κ2) is 8.60. The third kappa shape index (κ3) is 7.65. The zero-order valence-electron chi connectivity index (χ0n) is 8.92. The van der Waals surface area contributed by atoms with Gasteiger partial charge in [-0.1, -0.05) is 39.0 Å². The van der Waals surface area contributed by atoms with E-state index in [1.165, 1.54) is 25.7 Å². The highest BCUT2D eigenvalue weighted by Gasteiger charge is 2.03. The van der Waals surface area contributed by atoms with E-state index >= 15 is 0 Å². The Kier molecular flexibility index (Phi) is 7.99. The van der Waals surface area contributed by atoms with Crippen LogP contribution in [0.25, 0.3) is 0 Å². The lowest BCUT2D eigenvalue weighted by Crippen LogP contribution is -2.04. The number of carboxylic acids is 1. The molecule has 0 aromatic heterocycles. The van der Waals surface area contributed by atoms with Crippen molar-refractivity contribution in [2.24, 2.45) is 0 Å². The summed E-state index contributed by atoms with van der Waals surface area (Å²) in [5.74, 6) is -1.23. The highest BCUT2D eigenvalue weighted by atomic mass is 16.5. The first kappa shape index (κ1) is 13.0. The Balaban J connectivity index is 3.13. The molecule has 0 rings (SSSR count). The van der Waals surface area contributed by atoms with Crippen LogP contribution in [0.15, 0.2) is 12.3 Å². The Bertz CT molecular complexity index is 175. The summed E-state index contributed by atoms with van der Waals surface area (Å²) in [6, 6.07) is 0. The molecular formula is C11H20O3. The molecule has 0 unspecified atom stereocenters. The summed E-state index contributed by atoms with van der Waals surface area (Å²) in [4.78, 5) is 10.3. The van der Waals surface area contributed by atoms with Gasteiger partial charge in [0.25, 0.3) is 0 Å². The quantitative estimate of drug-likeness (QED) is 0.353. The lowest BCUT2D eigenvalue weighted by molar-refractivity contribution is -0.136. The number of aliphatic carboxylic acids is 1. The molecule has 0 spiro atoms. The molecule has 0 heterocycles. The van der Waals surface area contributed by atoms with E-state index in [2.05, 4.69) is 13.5 Å². The number of hydrogen-bond acceptors (Lipinski definition) is 2. The third-order valence-electron chi connectivity index (χ3n) is 2.01. The average Bonchev–Trinajstić information content (AvgIpc) is 2.16. The predicted octanol–water partition coefficient (Wildman–Crippen LogP) is 2.96. The fourth-order valence-electron chi connectivity index (χ4n) is 1.14. The summed E-state index contributed by atoms with van der Waals surface area (Å²) in [6.07, 6.45) is 7.01. The van der Waals surface area contributed by atoms with Crippen LogP contribution >= 0.6 is 0 Å². The molecule has 3 nitrogen and oxygen atoms in total. The largest absolute Gasteiger partial charge is 0.487 e. The van der Waals surface area contributed by atoms with E-state index in [9.17, 15) is 4.79 Å². The van der Waals surface area contributed by atoms with Crippen LogP contribution in [0, 0.1) is 0 Å². The van der Waals surface area contributed by atoms with Crippen LogP contribution in [-0.2, 0) is 9.53 Å². The van der Waals surface area contributed by atoms with Crippen molar-refractivity contribution in [2.45, 2.75) is 45.4 Å². The van der Waals surface area contributed by atoms with E-state index in [0.29, 0.717) is 6.61 Å². The summed E-state index contributed by atoms with van der Waals surface area (Å²) in [7, 11) is 0. The molecule has 1 N–H and O–H groups in total. The fraction of sp³-hybridized carbons (Fsp3) is 0.727. The molecule has 82 valence electrons. The first-order valence-electron chi connectivity index (χ1n) is 5.23. The van der Waals surface area contributed by atoms with Gasteiger partial charge in [0.2, 0.25) is 0 Å². The smallest absolute Gasteiger partial charge is 0.370 e. The second-order valence-corrected chi connectivity index (χ2v) is 3.34. The molecule has 0 saturated heterocycles. The number of unbranched alkanes of at least 4 members (excludes halogenated alkanes) is 5. The van der Waals surface area contributed by atoms with Crippen molar-refractivity contribution < 1.29 is 14.6 Å². The van der Waals surface area contributed by atoms with Crippen LogP contribution in [0.1, 0.15) is 45.4 Å². The molecule has 0 fully saturated rings. The molecule has 0 bridgehead atoms. The van der Waals surface area contributed by atoms with Gasteiger partial charge in [-0.05, 0) is 13.0 Å². The Labute approximate surface area is 85.8 Å². The van der Waals surface area contributed by atoms with Crippen molar-refractivity contribution in [1.29, 1.82) is 0 Å². The van der Waals surface area contributed by atoms with Crippen molar-refractivity contribution in [2.75, 3.05) is 6.61 Å². The highest BCUT2D eigenvalue weighted by molar-refractivity contribution is 5.83. The van der Waals surface area contributed by atoms with Gasteiger partial charge in [0.1, 0.15) is 0 Å². The van der Waals surface area contributed by atoms with Crippen LogP contribution in [-0.4, -0.2) is 17.7 Å². The molecular weight excluding hydrogens is 180 g/mol. The molecule has 0 radical (unpaired) electrons. The molecule has 0 saturated carbocycles. The van der Waals surface area contributed by atoms with Crippen LogP contribution in [0.4, 0.5) is 0 Å². The zero-order valence-corrected chi connectivity index (χ0v) is 8.92. The summed E-state index contributed by atoms with van der Waals surface area (Å²) in [6.45, 7) is 5.93. The van der Waals surface area contributed by atoms with Gasteiger partial charge in [-0.3, -0.25) is 0 Å². The number of rotatable bonds is 9. The topological polar surface area (TPSA) is 46.5 Å². The molecule has 3 heteroatoms. The van der Waals surface area contributed by atoms with E-state index in [1.807, 2.05) is 0 Å². The standard InChI is InChI=1S/C11H20O3/c1-3-4-5-6-7-8-9-14-10(2)11(12)13/h2-9H2,1H3,(H,12,13). The minimum absolute atomic E-state index is 0.154. The van der Waals surface area contributed by atoms with Crippen molar-refractivity contribution in [3.8, 4) is 0 Å². The van der Waals surface area contributed by atoms with Crippen molar-refractivity contribution in [3.05, 3.63) is 12.3 Å². The molecule has 0 aliphatic heterocycles. The van der Waals surface area contributed by atoms with Crippen LogP contribution in [0.5, 0.6) is 0 Å². The van der Waals surface area contributed by atoms with Gasteiger partial charge in [-0.15, -0.1) is 0 Å². The minimum atomic E-state index is -1.07. The van der Waals surface area contributed by atoms with Crippen LogP contribution in [0.2, 0.25) is 0 Å². The van der Waals surface area contributed by atoms with Gasteiger partial charge >= 0.3 is 5.97 Å². The van der Waals surface area contributed by atoms with Gasteiger partial charge in [0.05, 0.1) is 6.61 Å². The van der Waals surface area contributed by atoms with E-state index in [4.69, 9.17) is 9.84 Å². The zero-order chi connectivity index (χ0) is 10.8. The minimum Gasteiger partial charge on any atom is -0.487 e. The van der Waals surface area contributed by atoms with Gasteiger partial charge in [0.15, 0.2) is 5.76 Å². The lowest BCUT2D eigenvalue weighted by Gasteiger charge is -2.04. The van der Waals surface area contributed by atoms with E-state index < -0.39 is 5.97 Å². The maximum Gasteiger partial charge on any atom is 0.370 e. The summed E-state index contributed by atoms with van der Waals surface area (Å²) in [5.41, 5.74) is 0. The molecule has 0 amide bonds. The Hall–Kier alpha value is -0.990. The average molecular weight is 200 g/mol. The summed E-state index contributed by atoms with van der Waals surface area (Å²) < 4.78 is 4.92. The number of ether oxygens (including phenoxy) is 1. The SMILES string of the molecule is C=C(OCCCCCCCC)C(=O)O. The van der Waals surface area contributed by atoms with Gasteiger partial charge < -0.3 is 9.84 Å². The van der Waals surface area contributed by atoms with E-state index in [0.717, 1.165) is 12.8 Å². The highest BCUT2D eigenvalue weighted by Crippen LogP contribution is 2.05. The van der Waals surface area contributed by atoms with Crippen molar-refractivity contribution >= 4 is 5.97 Å². The predicted molar refractivity (Wildman–Crippen MR) is 56.1 cm³/mol. The molecule has 0 aliphatic carbocycles. The maximum absolute atomic E-state index is 10.3. The number of carbonyl (C=O) groups is 1. The molecule has 0 aromatic rings. The van der Waals surface area contributed by atoms with Crippen molar-refractivity contribution in [3.63, 3.8) is 0 Å². The van der Waals surface area contributed by atoms with E-state index in [-0.39, 0.29) is 5.76 Å². The van der Waals surface area contributed by atoms with Crippen LogP contribution in [0.3, 0.4) is 0 Å². The maximum atomic E-state index is 10.3. The van der Waals surface area contributed by atoms with Crippen molar-refractivity contribution in [1.82, 2.24) is 0 Å². The fourth-order valence-corrected chi connectivity index (χ4v) is 1.14. The number of hydrogen-bond donors (Lipinski definition) is 1. The second-order valence-electron chi connectivity index (χ2n) is 3.34. The monoisotopic (exact) mass is 200 g/mol. The number of carboxylic acid groups (broad SMARTS) is 1. The summed E-state index contributed by atoms with van der Waals surface area (Å²) >= 11 is 0. The lowest BCUT2D eigenvalue weighted by atomic mass is 10.1. The first-order chi connectivity index (χ1) is 6.68. The Morgan fingerprint density at radius 1 is 1.21 bits per heavy atom. The van der Waals surface area contributed by atoms with Gasteiger partial charge in [0, 0.05) is 0 Å². The van der Waals surface area contributed by atoms with Crippen LogP contribution < -0.4 is 0 Å². The van der Waals surface area contributed by atoms with Gasteiger partial charge in [-0.2, -0.15) is 0 Å². The van der Waals surface area contributed by atoms with E-state index in [1.54, 1.807) is 0 Å². The Morgan fingerprint density at radius 2 is 1.79 bits per heavy atom. The van der Waals surface area contributed by atoms with Gasteiger partial charge in [-0.25, -0.2) is 4.79 Å².